The monoisotopic (exact) mass is 339 g/mol. The lowest BCUT2D eigenvalue weighted by atomic mass is 10.2. The maximum absolute atomic E-state index is 12.3. The minimum Gasteiger partial charge on any atom is -0.496 e. The molecule has 0 radical (unpaired) electrons. The molecule has 5 nitrogen and oxygen atoms in total. The van der Waals surface area contributed by atoms with Crippen LogP contribution in [0.2, 0.25) is 5.02 Å². The first-order valence-corrected chi connectivity index (χ1v) is 8.17. The number of amides is 1. The molecule has 1 N–H and O–H groups in total. The summed E-state index contributed by atoms with van der Waals surface area (Å²) in [6, 6.07) is 10.8. The molecule has 0 aliphatic rings. The van der Waals surface area contributed by atoms with Crippen molar-refractivity contribution in [2.75, 3.05) is 7.11 Å². The van der Waals surface area contributed by atoms with Crippen LogP contribution in [0.5, 0.6) is 5.75 Å². The Labute approximate surface area is 133 Å². The summed E-state index contributed by atoms with van der Waals surface area (Å²) in [5.41, 5.74) is 0.591. The molecule has 7 heteroatoms. The van der Waals surface area contributed by atoms with Crippen molar-refractivity contribution in [3.8, 4) is 5.75 Å². The van der Waals surface area contributed by atoms with Gasteiger partial charge in [0.2, 0.25) is 0 Å². The van der Waals surface area contributed by atoms with Crippen molar-refractivity contribution in [3.63, 3.8) is 0 Å². The number of sulfonamides is 1. The third-order valence-electron chi connectivity index (χ3n) is 3.02. The lowest BCUT2D eigenvalue weighted by molar-refractivity contribution is 0.0978. The van der Waals surface area contributed by atoms with E-state index in [0.29, 0.717) is 10.6 Å². The SMILES string of the molecule is COc1ccc(Cl)cc1C(=O)NS(=O)(=O)c1ccccc1C. The summed E-state index contributed by atoms with van der Waals surface area (Å²) in [7, 11) is -2.59. The van der Waals surface area contributed by atoms with Crippen LogP contribution in [-0.4, -0.2) is 21.4 Å². The quantitative estimate of drug-likeness (QED) is 0.929. The van der Waals surface area contributed by atoms with Gasteiger partial charge in [-0.1, -0.05) is 29.8 Å². The number of hydrogen-bond acceptors (Lipinski definition) is 4. The summed E-state index contributed by atoms with van der Waals surface area (Å²) < 4.78 is 31.7. The zero-order valence-electron chi connectivity index (χ0n) is 12.0. The highest BCUT2D eigenvalue weighted by molar-refractivity contribution is 7.90. The average molecular weight is 340 g/mol. The van der Waals surface area contributed by atoms with E-state index < -0.39 is 15.9 Å². The number of halogens is 1. The second-order valence-corrected chi connectivity index (χ2v) is 6.63. The fraction of sp³-hybridized carbons (Fsp3) is 0.133. The molecule has 0 fully saturated rings. The van der Waals surface area contributed by atoms with Crippen molar-refractivity contribution < 1.29 is 17.9 Å². The molecule has 0 unspecified atom stereocenters. The Bertz CT molecular complexity index is 818. The fourth-order valence-electron chi connectivity index (χ4n) is 1.95. The smallest absolute Gasteiger partial charge is 0.268 e. The molecular weight excluding hydrogens is 326 g/mol. The van der Waals surface area contributed by atoms with E-state index in [4.69, 9.17) is 16.3 Å². The average Bonchev–Trinajstić information content (AvgIpc) is 2.47. The zero-order chi connectivity index (χ0) is 16.3. The van der Waals surface area contributed by atoms with Crippen LogP contribution in [0.1, 0.15) is 15.9 Å². The van der Waals surface area contributed by atoms with Gasteiger partial charge in [-0.3, -0.25) is 4.79 Å². The minimum atomic E-state index is -3.97. The van der Waals surface area contributed by atoms with E-state index >= 15 is 0 Å². The molecule has 0 spiro atoms. The van der Waals surface area contributed by atoms with Crippen molar-refractivity contribution in [2.24, 2.45) is 0 Å². The third-order valence-corrected chi connectivity index (χ3v) is 4.74. The molecule has 0 aliphatic heterocycles. The molecule has 116 valence electrons. The summed E-state index contributed by atoms with van der Waals surface area (Å²) in [6.07, 6.45) is 0. The van der Waals surface area contributed by atoms with Crippen LogP contribution < -0.4 is 9.46 Å². The number of carbonyl (C=O) groups is 1. The normalized spacial score (nSPS) is 11.0. The largest absolute Gasteiger partial charge is 0.496 e. The van der Waals surface area contributed by atoms with Crippen LogP contribution in [0.25, 0.3) is 0 Å². The Kier molecular flexibility index (Phi) is 4.73. The second kappa shape index (κ2) is 6.37. The van der Waals surface area contributed by atoms with Crippen LogP contribution in [0, 0.1) is 6.92 Å². The number of benzene rings is 2. The topological polar surface area (TPSA) is 72.5 Å². The van der Waals surface area contributed by atoms with Gasteiger partial charge in [0.25, 0.3) is 15.9 Å². The van der Waals surface area contributed by atoms with Gasteiger partial charge in [0.05, 0.1) is 17.6 Å². The number of nitrogens with one attached hydrogen (secondary N) is 1. The van der Waals surface area contributed by atoms with E-state index in [1.807, 2.05) is 4.72 Å². The maximum Gasteiger partial charge on any atom is 0.268 e. The van der Waals surface area contributed by atoms with E-state index in [1.165, 1.54) is 25.3 Å². The molecule has 0 aliphatic carbocycles. The number of methoxy groups -OCH3 is 1. The Balaban J connectivity index is 2.37. The number of ether oxygens (including phenoxy) is 1. The summed E-state index contributed by atoms with van der Waals surface area (Å²) in [5.74, 6) is -0.565. The Morgan fingerprint density at radius 1 is 1.18 bits per heavy atom. The lowest BCUT2D eigenvalue weighted by Gasteiger charge is -2.11. The van der Waals surface area contributed by atoms with Crippen molar-refractivity contribution >= 4 is 27.5 Å². The molecule has 0 bridgehead atoms. The standard InChI is InChI=1S/C15H14ClNO4S/c1-10-5-3-4-6-14(10)22(19,20)17-15(18)12-9-11(16)7-8-13(12)21-2/h3-9H,1-2H3,(H,17,18). The molecule has 0 heterocycles. The molecule has 0 saturated carbocycles. The number of carbonyl (C=O) groups excluding carboxylic acids is 1. The zero-order valence-corrected chi connectivity index (χ0v) is 13.5. The molecule has 2 aromatic carbocycles. The van der Waals surface area contributed by atoms with E-state index in [9.17, 15) is 13.2 Å². The third kappa shape index (κ3) is 3.40. The fourth-order valence-corrected chi connectivity index (χ4v) is 3.33. The Hall–Kier alpha value is -2.05. The second-order valence-electron chi connectivity index (χ2n) is 4.54. The van der Waals surface area contributed by atoms with Gasteiger partial charge in [-0.05, 0) is 36.8 Å². The highest BCUT2D eigenvalue weighted by Crippen LogP contribution is 2.23. The first-order valence-electron chi connectivity index (χ1n) is 6.31. The first-order chi connectivity index (χ1) is 10.3. The molecule has 22 heavy (non-hydrogen) atoms. The summed E-state index contributed by atoms with van der Waals surface area (Å²) in [4.78, 5) is 12.3. The summed E-state index contributed by atoms with van der Waals surface area (Å²) in [5, 5.41) is 0.305. The van der Waals surface area contributed by atoms with E-state index in [0.717, 1.165) is 0 Å². The van der Waals surface area contributed by atoms with Gasteiger partial charge in [0, 0.05) is 5.02 Å². The molecule has 0 aromatic heterocycles. The van der Waals surface area contributed by atoms with Gasteiger partial charge in [0.1, 0.15) is 5.75 Å². The summed E-state index contributed by atoms with van der Waals surface area (Å²) in [6.45, 7) is 1.65. The van der Waals surface area contributed by atoms with Crippen LogP contribution in [-0.2, 0) is 10.0 Å². The highest BCUT2D eigenvalue weighted by atomic mass is 35.5. The minimum absolute atomic E-state index is 0.0457. The van der Waals surface area contributed by atoms with Crippen LogP contribution >= 0.6 is 11.6 Å². The predicted octanol–water partition coefficient (Wildman–Crippen LogP) is 2.78. The first kappa shape index (κ1) is 16.3. The van der Waals surface area contributed by atoms with E-state index in [1.54, 1.807) is 31.2 Å². The van der Waals surface area contributed by atoms with Crippen LogP contribution in [0.15, 0.2) is 47.4 Å². The Morgan fingerprint density at radius 2 is 1.86 bits per heavy atom. The molecule has 0 saturated heterocycles. The van der Waals surface area contributed by atoms with Crippen LogP contribution in [0.3, 0.4) is 0 Å². The molecule has 0 atom stereocenters. The van der Waals surface area contributed by atoms with E-state index in [2.05, 4.69) is 0 Å². The van der Waals surface area contributed by atoms with Crippen LogP contribution in [0.4, 0.5) is 0 Å². The van der Waals surface area contributed by atoms with E-state index in [-0.39, 0.29) is 16.2 Å². The highest BCUT2D eigenvalue weighted by Gasteiger charge is 2.22. The Morgan fingerprint density at radius 3 is 2.50 bits per heavy atom. The molecular formula is C15H14ClNO4S. The number of aryl methyl sites for hydroxylation is 1. The van der Waals surface area contributed by atoms with Crippen molar-refractivity contribution in [2.45, 2.75) is 11.8 Å². The van der Waals surface area contributed by atoms with Gasteiger partial charge in [-0.25, -0.2) is 13.1 Å². The maximum atomic E-state index is 12.3. The lowest BCUT2D eigenvalue weighted by Crippen LogP contribution is -2.31. The predicted molar refractivity (Wildman–Crippen MR) is 83.8 cm³/mol. The number of hydrogen-bond donors (Lipinski definition) is 1. The van der Waals surface area contributed by atoms with Gasteiger partial charge >= 0.3 is 0 Å². The van der Waals surface area contributed by atoms with Gasteiger partial charge < -0.3 is 4.74 Å². The summed E-state index contributed by atoms with van der Waals surface area (Å²) >= 11 is 5.85. The van der Waals surface area contributed by atoms with Gasteiger partial charge in [0.15, 0.2) is 0 Å². The van der Waals surface area contributed by atoms with Crippen molar-refractivity contribution in [1.29, 1.82) is 0 Å². The molecule has 2 aromatic rings. The van der Waals surface area contributed by atoms with Crippen molar-refractivity contribution in [3.05, 3.63) is 58.6 Å². The number of rotatable bonds is 4. The molecule has 2 rings (SSSR count). The van der Waals surface area contributed by atoms with Crippen molar-refractivity contribution in [1.82, 2.24) is 4.72 Å². The molecule has 1 amide bonds. The van der Waals surface area contributed by atoms with Gasteiger partial charge in [-0.2, -0.15) is 0 Å². The van der Waals surface area contributed by atoms with Gasteiger partial charge in [-0.15, -0.1) is 0 Å².